The number of rotatable bonds is 1. The normalized spacial score (nSPS) is 8.53. The average Bonchev–Trinajstić information content (AvgIpc) is 2.03. The van der Waals surface area contributed by atoms with Crippen LogP contribution in [0.4, 0.5) is 5.69 Å². The van der Waals surface area contributed by atoms with Crippen LogP contribution in [0.3, 0.4) is 0 Å². The minimum Gasteiger partial charge on any atom is -0.784 e. The molecule has 1 aromatic rings. The number of non-ortho nitro benzene ring substituents is 1. The summed E-state index contributed by atoms with van der Waals surface area (Å²) in [7, 11) is 0. The molecule has 1 rings (SSSR count). The molecule has 0 atom stereocenters. The van der Waals surface area contributed by atoms with Crippen molar-refractivity contribution in [2.24, 2.45) is 0 Å². The second-order valence-electron chi connectivity index (χ2n) is 1.94. The Bertz CT molecular complexity index is 329. The van der Waals surface area contributed by atoms with E-state index in [-0.39, 0.29) is 35.2 Å². The molecule has 0 aromatic heterocycles. The van der Waals surface area contributed by atoms with Crippen molar-refractivity contribution in [2.75, 3.05) is 0 Å². The Kier molecular flexibility index (Phi) is 10.7. The number of halogens is 1. The molecule has 0 aliphatic rings. The summed E-state index contributed by atoms with van der Waals surface area (Å²) in [5.74, 6) is 0. The molecule has 0 amide bonds. The van der Waals surface area contributed by atoms with Crippen molar-refractivity contribution < 1.29 is 47.8 Å². The molecule has 0 aliphatic heterocycles. The number of nitro benzene ring substituents is 1. The minimum absolute atomic E-state index is 0. The topological polar surface area (TPSA) is 106 Å². The van der Waals surface area contributed by atoms with Crippen LogP contribution < -0.4 is 29.6 Å². The van der Waals surface area contributed by atoms with E-state index in [1.165, 1.54) is 24.3 Å². The van der Waals surface area contributed by atoms with E-state index in [4.69, 9.17) is 24.9 Å². The van der Waals surface area contributed by atoms with E-state index in [1.54, 1.807) is 0 Å². The van der Waals surface area contributed by atoms with E-state index >= 15 is 0 Å². The first kappa shape index (κ1) is 17.4. The average molecular weight is 261 g/mol. The molecule has 0 spiro atoms. The van der Waals surface area contributed by atoms with Gasteiger partial charge in [0.2, 0.25) is 0 Å². The van der Waals surface area contributed by atoms with E-state index in [1.807, 2.05) is 0 Å². The number of hydrogen-bond donors (Lipinski definition) is 0. The first-order valence-corrected chi connectivity index (χ1v) is 4.48. The summed E-state index contributed by atoms with van der Waals surface area (Å²) in [6, 6.07) is 5.70. The second-order valence-corrected chi connectivity index (χ2v) is 2.78. The van der Waals surface area contributed by atoms with Crippen LogP contribution in [0.25, 0.3) is 0 Å². The Morgan fingerprint density at radius 1 is 1.20 bits per heavy atom. The summed E-state index contributed by atoms with van der Waals surface area (Å²) < 4.78 is 25.3. The molecule has 1 aromatic carbocycles. The number of benzene rings is 1. The quantitative estimate of drug-likeness (QED) is 0.258. The van der Waals surface area contributed by atoms with Gasteiger partial charge in [-0.05, 0) is 12.1 Å². The van der Waals surface area contributed by atoms with E-state index in [0.717, 1.165) is 0 Å². The van der Waals surface area contributed by atoms with Gasteiger partial charge in [-0.15, -0.1) is 11.4 Å². The smallest absolute Gasteiger partial charge is 0.784 e. The predicted molar refractivity (Wildman–Crippen MR) is 47.8 cm³/mol. The molecule has 0 unspecified atom stereocenters. The number of nitro groups is 1. The molecular formula is C6H4ClNNaO5S-. The van der Waals surface area contributed by atoms with Gasteiger partial charge in [-0.3, -0.25) is 14.3 Å². The Labute approximate surface area is 115 Å². The monoisotopic (exact) mass is 260 g/mol. The van der Waals surface area contributed by atoms with Crippen LogP contribution in [-0.4, -0.2) is 18.2 Å². The summed E-state index contributed by atoms with van der Waals surface area (Å²) in [5.41, 5.74) is 0.0596. The minimum atomic E-state index is -3.11. The molecule has 6 nitrogen and oxygen atoms in total. The van der Waals surface area contributed by atoms with E-state index in [0.29, 0.717) is 5.02 Å². The molecule has 9 heteroatoms. The first-order chi connectivity index (χ1) is 6.43. The van der Waals surface area contributed by atoms with Crippen molar-refractivity contribution >= 4 is 28.6 Å². The molecule has 0 heterocycles. The summed E-state index contributed by atoms with van der Waals surface area (Å²) in [6.07, 6.45) is 0. The molecule has 15 heavy (non-hydrogen) atoms. The molecule has 0 saturated heterocycles. The fourth-order valence-electron chi connectivity index (χ4n) is 0.563. The zero-order valence-corrected chi connectivity index (χ0v) is 11.2. The Balaban J connectivity index is 0. The fraction of sp³-hybridized carbons (Fsp3) is 0. The van der Waals surface area contributed by atoms with Crippen molar-refractivity contribution in [3.63, 3.8) is 0 Å². The Morgan fingerprint density at radius 3 is 1.80 bits per heavy atom. The SMILES string of the molecule is O=S([O-])[O-].O=[N+]([O-])c1ccc(Cl)cc1.[Na+]. The Morgan fingerprint density at radius 2 is 1.53 bits per heavy atom. The molecule has 0 N–H and O–H groups in total. The Hall–Kier alpha value is -0.0200. The molecule has 0 aliphatic carbocycles. The third-order valence-corrected chi connectivity index (χ3v) is 1.29. The van der Waals surface area contributed by atoms with Crippen molar-refractivity contribution in [3.05, 3.63) is 39.4 Å². The summed E-state index contributed by atoms with van der Waals surface area (Å²) in [5, 5.41) is 10.6. The molecule has 0 bridgehead atoms. The van der Waals surface area contributed by atoms with E-state index in [2.05, 4.69) is 0 Å². The molecule has 0 fully saturated rings. The molecular weight excluding hydrogens is 257 g/mol. The zero-order chi connectivity index (χ0) is 11.1. The third kappa shape index (κ3) is 10.3. The van der Waals surface area contributed by atoms with E-state index in [9.17, 15) is 10.1 Å². The van der Waals surface area contributed by atoms with Gasteiger partial charge < -0.3 is 9.11 Å². The molecule has 78 valence electrons. The van der Waals surface area contributed by atoms with Crippen LogP contribution in [0.15, 0.2) is 24.3 Å². The van der Waals surface area contributed by atoms with Crippen molar-refractivity contribution in [3.8, 4) is 0 Å². The third-order valence-electron chi connectivity index (χ3n) is 1.04. The predicted octanol–water partition coefficient (Wildman–Crippen LogP) is -1.75. The summed E-state index contributed by atoms with van der Waals surface area (Å²) in [4.78, 5) is 9.61. The van der Waals surface area contributed by atoms with Crippen molar-refractivity contribution in [2.45, 2.75) is 0 Å². The van der Waals surface area contributed by atoms with Gasteiger partial charge in [0.05, 0.1) is 4.92 Å². The molecule has 0 saturated carbocycles. The van der Waals surface area contributed by atoms with Gasteiger partial charge in [0.15, 0.2) is 0 Å². The van der Waals surface area contributed by atoms with Crippen LogP contribution in [-0.2, 0) is 11.4 Å². The first-order valence-electron chi connectivity index (χ1n) is 3.10. The van der Waals surface area contributed by atoms with Gasteiger partial charge in [-0.2, -0.15) is 0 Å². The van der Waals surface area contributed by atoms with Crippen LogP contribution >= 0.6 is 11.6 Å². The maximum Gasteiger partial charge on any atom is 1.00 e. The van der Waals surface area contributed by atoms with Gasteiger partial charge in [-0.1, -0.05) is 11.6 Å². The zero-order valence-electron chi connectivity index (χ0n) is 7.58. The van der Waals surface area contributed by atoms with Gasteiger partial charge >= 0.3 is 29.6 Å². The van der Waals surface area contributed by atoms with Crippen LogP contribution in [0.2, 0.25) is 5.02 Å². The largest absolute Gasteiger partial charge is 1.00 e. The maximum absolute atomic E-state index is 10.1. The van der Waals surface area contributed by atoms with Gasteiger partial charge in [0, 0.05) is 17.2 Å². The van der Waals surface area contributed by atoms with Crippen molar-refractivity contribution in [1.82, 2.24) is 0 Å². The summed E-state index contributed by atoms with van der Waals surface area (Å²) >= 11 is 2.38. The van der Waals surface area contributed by atoms with Crippen LogP contribution in [0.5, 0.6) is 0 Å². The molecule has 0 radical (unpaired) electrons. The van der Waals surface area contributed by atoms with Gasteiger partial charge in [-0.25, -0.2) is 0 Å². The fourth-order valence-corrected chi connectivity index (χ4v) is 0.689. The number of hydrogen-bond acceptors (Lipinski definition) is 5. The second kappa shape index (κ2) is 9.22. The van der Waals surface area contributed by atoms with Crippen LogP contribution in [0.1, 0.15) is 0 Å². The van der Waals surface area contributed by atoms with E-state index < -0.39 is 16.3 Å². The standard InChI is InChI=1S/C6H4ClNO2.Na.H2O3S/c7-5-1-3-6(4-2-5)8(9)10;;1-4(2)3/h1-4H;;(H2,1,2,3)/q;+1;/p-2. The summed E-state index contributed by atoms with van der Waals surface area (Å²) in [6.45, 7) is 0. The van der Waals surface area contributed by atoms with Gasteiger partial charge in [0.25, 0.3) is 5.69 Å². The van der Waals surface area contributed by atoms with Crippen LogP contribution in [0, 0.1) is 10.1 Å². The maximum atomic E-state index is 10.1. The van der Waals surface area contributed by atoms with Crippen molar-refractivity contribution in [1.29, 1.82) is 0 Å². The van der Waals surface area contributed by atoms with Gasteiger partial charge in [0.1, 0.15) is 0 Å². The number of nitrogens with zero attached hydrogens (tertiary/aromatic N) is 1.